The van der Waals surface area contributed by atoms with E-state index in [2.05, 4.69) is 12.1 Å². The second-order valence-electron chi connectivity index (χ2n) is 12.2. The van der Waals surface area contributed by atoms with E-state index >= 15 is 0 Å². The Hall–Kier alpha value is -2.06. The fraction of sp³-hybridized carbons (Fsp3) is 0.472. The van der Waals surface area contributed by atoms with Gasteiger partial charge in [-0.15, -0.1) is 11.8 Å². The van der Waals surface area contributed by atoms with Crippen molar-refractivity contribution in [1.29, 1.82) is 0 Å². The topological polar surface area (TPSA) is 81.7 Å². The zero-order chi connectivity index (χ0) is 33.0. The molecule has 10 atom stereocenters. The van der Waals surface area contributed by atoms with Gasteiger partial charge in [-0.3, -0.25) is 0 Å². The highest BCUT2D eigenvalue weighted by Gasteiger charge is 2.57. The first kappa shape index (κ1) is 34.8. The summed E-state index contributed by atoms with van der Waals surface area (Å²) >= 11 is 4.19. The third kappa shape index (κ3) is 8.57. The molecule has 0 N–H and O–H groups in total. The number of ether oxygens (including phenoxy) is 7. The van der Waals surface area contributed by atoms with Gasteiger partial charge in [-0.2, -0.15) is 0 Å². The van der Waals surface area contributed by atoms with E-state index in [0.717, 1.165) is 27.1 Å². The summed E-state index contributed by atoms with van der Waals surface area (Å²) in [6.45, 7) is 8.10. The Bertz CT molecular complexity index is 1430. The maximum atomic E-state index is 12.9. The molecule has 0 aromatic heterocycles. The average Bonchev–Trinajstić information content (AvgIpc) is 3.40. The molecule has 11 heteroatoms. The lowest BCUT2D eigenvalue weighted by atomic mass is 9.99. The molecule has 3 aromatic rings. The van der Waals surface area contributed by atoms with Crippen molar-refractivity contribution in [3.05, 3.63) is 96.6 Å². The SMILES string of the molecule is CSC(=O)O[C@H]1[C@H](OCc2ccccc2)[C@@H](C)O[C@@H](O[C@H]2[C@@H]3OC(C)(C)O[C@@H]3[C@@H](Sc3ccccc3)O[C@@H]2C)[C@@H]1Sc1ccccc1. The lowest BCUT2D eigenvalue weighted by molar-refractivity contribution is -0.293. The Morgan fingerprint density at radius 1 is 0.745 bits per heavy atom. The molecule has 252 valence electrons. The fourth-order valence-corrected chi connectivity index (χ4v) is 8.72. The zero-order valence-electron chi connectivity index (χ0n) is 27.1. The first-order chi connectivity index (χ1) is 22.7. The van der Waals surface area contributed by atoms with Crippen molar-refractivity contribution < 1.29 is 38.0 Å². The molecule has 8 nitrogen and oxygen atoms in total. The first-order valence-corrected chi connectivity index (χ1v) is 18.8. The van der Waals surface area contributed by atoms with Crippen LogP contribution in [0.25, 0.3) is 0 Å². The zero-order valence-corrected chi connectivity index (χ0v) is 29.6. The summed E-state index contributed by atoms with van der Waals surface area (Å²) < 4.78 is 45.8. The van der Waals surface area contributed by atoms with E-state index in [9.17, 15) is 4.79 Å². The number of hydrogen-bond donors (Lipinski definition) is 0. The quantitative estimate of drug-likeness (QED) is 0.195. The van der Waals surface area contributed by atoms with Gasteiger partial charge in [0.25, 0.3) is 0 Å². The minimum Gasteiger partial charge on any atom is -0.450 e. The van der Waals surface area contributed by atoms with Gasteiger partial charge in [-0.05, 0) is 75.5 Å². The molecular weight excluding hydrogens is 657 g/mol. The van der Waals surface area contributed by atoms with Crippen LogP contribution in [-0.2, 0) is 39.8 Å². The summed E-state index contributed by atoms with van der Waals surface area (Å²) in [5.74, 6) is -0.828. The van der Waals surface area contributed by atoms with Crippen molar-refractivity contribution >= 4 is 40.6 Å². The molecule has 0 spiro atoms. The van der Waals surface area contributed by atoms with E-state index in [-0.39, 0.29) is 22.9 Å². The Balaban J connectivity index is 1.28. The van der Waals surface area contributed by atoms with Crippen LogP contribution in [0.2, 0.25) is 0 Å². The van der Waals surface area contributed by atoms with Crippen molar-refractivity contribution in [1.82, 2.24) is 0 Å². The molecule has 0 bridgehead atoms. The van der Waals surface area contributed by atoms with Crippen molar-refractivity contribution in [2.24, 2.45) is 0 Å². The molecule has 3 aliphatic heterocycles. The Labute approximate surface area is 289 Å². The second kappa shape index (κ2) is 15.7. The Morgan fingerprint density at radius 2 is 1.32 bits per heavy atom. The average molecular weight is 699 g/mol. The van der Waals surface area contributed by atoms with Crippen molar-refractivity contribution in [2.45, 2.75) is 110 Å². The van der Waals surface area contributed by atoms with Gasteiger partial charge in [0.1, 0.15) is 41.2 Å². The minimum atomic E-state index is -0.828. The van der Waals surface area contributed by atoms with Crippen LogP contribution in [0.1, 0.15) is 33.3 Å². The molecular formula is C36H42O8S3. The molecule has 3 heterocycles. The number of carbonyl (C=O) groups excluding carboxylic acids is 1. The van der Waals surface area contributed by atoms with Gasteiger partial charge in [0.05, 0.1) is 18.8 Å². The summed E-state index contributed by atoms with van der Waals surface area (Å²) in [5.41, 5.74) is 0.717. The number of rotatable bonds is 10. The van der Waals surface area contributed by atoms with Gasteiger partial charge < -0.3 is 33.2 Å². The van der Waals surface area contributed by atoms with Crippen LogP contribution in [-0.4, -0.2) is 77.0 Å². The lowest BCUT2D eigenvalue weighted by Crippen LogP contribution is -2.62. The third-order valence-electron chi connectivity index (χ3n) is 8.28. The van der Waals surface area contributed by atoms with Gasteiger partial charge in [0.2, 0.25) is 0 Å². The summed E-state index contributed by atoms with van der Waals surface area (Å²) in [6, 6.07) is 30.1. The van der Waals surface area contributed by atoms with Crippen molar-refractivity contribution in [3.63, 3.8) is 0 Å². The number of fused-ring (bicyclic) bond motifs is 1. The monoisotopic (exact) mass is 698 g/mol. The normalized spacial score (nSPS) is 33.2. The largest absolute Gasteiger partial charge is 0.450 e. The molecule has 3 aliphatic rings. The van der Waals surface area contributed by atoms with Crippen LogP contribution < -0.4 is 0 Å². The third-order valence-corrected chi connectivity index (χ3v) is 11.2. The predicted molar refractivity (Wildman–Crippen MR) is 185 cm³/mol. The second-order valence-corrected chi connectivity index (χ2v) is 15.4. The number of benzene rings is 3. The van der Waals surface area contributed by atoms with E-state index < -0.39 is 47.8 Å². The maximum absolute atomic E-state index is 12.9. The fourth-order valence-electron chi connectivity index (χ4n) is 6.14. The van der Waals surface area contributed by atoms with Gasteiger partial charge in [-0.25, -0.2) is 4.79 Å². The van der Waals surface area contributed by atoms with Gasteiger partial charge >= 0.3 is 5.30 Å². The van der Waals surface area contributed by atoms with Crippen LogP contribution in [0.5, 0.6) is 0 Å². The van der Waals surface area contributed by atoms with Gasteiger partial charge in [0.15, 0.2) is 12.1 Å². The van der Waals surface area contributed by atoms with Crippen LogP contribution in [0.3, 0.4) is 0 Å². The summed E-state index contributed by atoms with van der Waals surface area (Å²) in [5, 5.41) is -0.859. The first-order valence-electron chi connectivity index (χ1n) is 15.9. The highest BCUT2D eigenvalue weighted by Crippen LogP contribution is 2.46. The smallest absolute Gasteiger partial charge is 0.367 e. The summed E-state index contributed by atoms with van der Waals surface area (Å²) in [4.78, 5) is 15.0. The number of thioether (sulfide) groups is 3. The minimum absolute atomic E-state index is 0.300. The van der Waals surface area contributed by atoms with Crippen LogP contribution in [0, 0.1) is 0 Å². The van der Waals surface area contributed by atoms with E-state index in [1.165, 1.54) is 0 Å². The van der Waals surface area contributed by atoms with Gasteiger partial charge in [-0.1, -0.05) is 78.5 Å². The Morgan fingerprint density at radius 3 is 1.96 bits per heavy atom. The maximum Gasteiger partial charge on any atom is 0.367 e. The van der Waals surface area contributed by atoms with E-state index in [1.54, 1.807) is 29.8 Å². The number of hydrogen-bond acceptors (Lipinski definition) is 11. The summed E-state index contributed by atoms with van der Waals surface area (Å²) in [6.07, 6.45) is -2.43. The molecule has 0 saturated carbocycles. The molecule has 0 unspecified atom stereocenters. The highest BCUT2D eigenvalue weighted by atomic mass is 32.2. The van der Waals surface area contributed by atoms with Crippen LogP contribution in [0.4, 0.5) is 4.79 Å². The highest BCUT2D eigenvalue weighted by molar-refractivity contribution is 8.12. The predicted octanol–water partition coefficient (Wildman–Crippen LogP) is 7.79. The van der Waals surface area contributed by atoms with E-state index in [0.29, 0.717) is 6.61 Å². The van der Waals surface area contributed by atoms with Crippen molar-refractivity contribution in [2.75, 3.05) is 6.26 Å². The van der Waals surface area contributed by atoms with Crippen LogP contribution >= 0.6 is 35.3 Å². The standard InChI is InChI=1S/C36H42O8S3/c1-22-27(38-21-24-15-9-6-10-16-24)30(42-35(37)45-5)32(46-25-17-11-7-12-18-25)33(39-22)41-28-23(2)40-34(47-26-19-13-8-14-20-26)31-29(28)43-36(3,4)44-31/h6-20,22-23,27-34H,21H2,1-5H3/t22-,23-,27-,28-,29+,30+,31+,32-,33+,34-/m1/s1. The lowest BCUT2D eigenvalue weighted by Gasteiger charge is -2.47. The number of carbonyl (C=O) groups is 1. The van der Waals surface area contributed by atoms with E-state index in [1.807, 2.05) is 107 Å². The molecule has 0 radical (unpaired) electrons. The van der Waals surface area contributed by atoms with E-state index in [4.69, 9.17) is 33.2 Å². The molecule has 47 heavy (non-hydrogen) atoms. The molecule has 0 aliphatic carbocycles. The summed E-state index contributed by atoms with van der Waals surface area (Å²) in [7, 11) is 0. The van der Waals surface area contributed by atoms with Crippen molar-refractivity contribution in [3.8, 4) is 0 Å². The van der Waals surface area contributed by atoms with Gasteiger partial charge in [0, 0.05) is 9.79 Å². The Kier molecular flexibility index (Phi) is 11.6. The molecule has 3 fully saturated rings. The molecule has 0 amide bonds. The molecule has 3 saturated heterocycles. The van der Waals surface area contributed by atoms with Crippen LogP contribution in [0.15, 0.2) is 101 Å². The molecule has 6 rings (SSSR count). The molecule has 3 aromatic carbocycles.